The van der Waals surface area contributed by atoms with E-state index in [0.29, 0.717) is 0 Å². The molecule has 2 unspecified atom stereocenters. The number of hydrogen-bond donors (Lipinski definition) is 0. The van der Waals surface area contributed by atoms with Crippen molar-refractivity contribution < 1.29 is 23.1 Å². The summed E-state index contributed by atoms with van der Waals surface area (Å²) >= 11 is 0. The van der Waals surface area contributed by atoms with E-state index in [1.807, 2.05) is 80.6 Å². The molecule has 0 bridgehead atoms. The van der Waals surface area contributed by atoms with Gasteiger partial charge in [0.25, 0.3) is 0 Å². The van der Waals surface area contributed by atoms with E-state index >= 15 is 4.57 Å². The Hall–Kier alpha value is -5.26. The lowest BCUT2D eigenvalue weighted by Gasteiger charge is -2.40. The van der Waals surface area contributed by atoms with Crippen LogP contribution in [0.5, 0.6) is 0 Å². The highest BCUT2D eigenvalue weighted by Crippen LogP contribution is 2.63. The number of rotatable bonds is 4. The molecular formula is C47H36O5P+. The van der Waals surface area contributed by atoms with Crippen molar-refractivity contribution >= 4 is 51.3 Å². The van der Waals surface area contributed by atoms with Crippen molar-refractivity contribution in [1.29, 1.82) is 0 Å². The quantitative estimate of drug-likeness (QED) is 0.170. The summed E-state index contributed by atoms with van der Waals surface area (Å²) in [4.78, 5) is 0. The minimum Gasteiger partial charge on any atom is -0.340 e. The Labute approximate surface area is 308 Å². The van der Waals surface area contributed by atoms with Crippen molar-refractivity contribution in [3.8, 4) is 0 Å². The molecule has 0 aliphatic carbocycles. The number of hydrogen-bond acceptors (Lipinski definition) is 5. The van der Waals surface area contributed by atoms with E-state index in [4.69, 9.17) is 18.5 Å². The monoisotopic (exact) mass is 711 g/mol. The van der Waals surface area contributed by atoms with Gasteiger partial charge in [-0.05, 0) is 68.6 Å². The Morgan fingerprint density at radius 3 is 1.36 bits per heavy atom. The number of ether oxygens (including phenoxy) is 2. The second-order valence-electron chi connectivity index (χ2n) is 14.5. The SMILES string of the molecule is CC1(C)O[C@@H]2[C@@H](O1)C(c1cccc3ccccc13)(c1cccc3ccccc13)O[P+](=O)OC2(c1ccc2ccccc2c1)c1cccc2ccccc12. The Morgan fingerprint density at radius 1 is 0.434 bits per heavy atom. The summed E-state index contributed by atoms with van der Waals surface area (Å²) in [6.07, 6.45) is -1.72. The zero-order chi connectivity index (χ0) is 35.8. The third-order valence-electron chi connectivity index (χ3n) is 11.1. The predicted octanol–water partition coefficient (Wildman–Crippen LogP) is 11.7. The second-order valence-corrected chi connectivity index (χ2v) is 15.3. The lowest BCUT2D eigenvalue weighted by molar-refractivity contribution is -0.174. The molecule has 53 heavy (non-hydrogen) atoms. The summed E-state index contributed by atoms with van der Waals surface area (Å²) in [5.74, 6) is -1.09. The molecule has 10 rings (SSSR count). The number of benzene rings is 8. The van der Waals surface area contributed by atoms with E-state index in [9.17, 15) is 0 Å². The molecule has 0 saturated carbocycles. The molecule has 5 nitrogen and oxygen atoms in total. The van der Waals surface area contributed by atoms with Crippen LogP contribution >= 0.6 is 8.25 Å². The van der Waals surface area contributed by atoms with E-state index in [2.05, 4.69) is 103 Å². The Kier molecular flexibility index (Phi) is 7.42. The van der Waals surface area contributed by atoms with E-state index in [1.54, 1.807) is 0 Å². The van der Waals surface area contributed by atoms with Crippen LogP contribution in [-0.4, -0.2) is 18.0 Å². The van der Waals surface area contributed by atoms with Gasteiger partial charge in [0.2, 0.25) is 11.2 Å². The maximum atomic E-state index is 15.3. The first-order chi connectivity index (χ1) is 25.9. The molecule has 2 aliphatic rings. The molecule has 2 aliphatic heterocycles. The van der Waals surface area contributed by atoms with Crippen molar-refractivity contribution in [3.05, 3.63) is 192 Å². The van der Waals surface area contributed by atoms with Crippen LogP contribution in [0, 0.1) is 0 Å². The molecule has 8 aromatic rings. The van der Waals surface area contributed by atoms with Crippen molar-refractivity contribution in [3.63, 3.8) is 0 Å². The molecule has 0 aromatic heterocycles. The van der Waals surface area contributed by atoms with E-state index in [0.717, 1.165) is 65.3 Å². The average molecular weight is 712 g/mol. The molecule has 6 heteroatoms. The fraction of sp³-hybridized carbons (Fsp3) is 0.149. The van der Waals surface area contributed by atoms with Crippen LogP contribution in [0.3, 0.4) is 0 Å². The minimum atomic E-state index is -2.86. The maximum Gasteiger partial charge on any atom is 0.700 e. The van der Waals surface area contributed by atoms with Gasteiger partial charge in [-0.3, -0.25) is 0 Å². The molecule has 8 aromatic carbocycles. The van der Waals surface area contributed by atoms with Gasteiger partial charge < -0.3 is 9.47 Å². The van der Waals surface area contributed by atoms with Crippen LogP contribution in [0.1, 0.15) is 36.1 Å². The molecule has 0 radical (unpaired) electrons. The molecule has 4 atom stereocenters. The molecule has 2 heterocycles. The second kappa shape index (κ2) is 12.1. The van der Waals surface area contributed by atoms with Gasteiger partial charge in [-0.2, -0.15) is 0 Å². The summed E-state index contributed by atoms with van der Waals surface area (Å²) in [6, 6.07) is 57.8. The van der Waals surface area contributed by atoms with Crippen LogP contribution in [0.2, 0.25) is 0 Å². The lowest BCUT2D eigenvalue weighted by Crippen LogP contribution is -2.53. The van der Waals surface area contributed by atoms with E-state index in [-0.39, 0.29) is 0 Å². The first-order valence-electron chi connectivity index (χ1n) is 18.0. The van der Waals surface area contributed by atoms with Gasteiger partial charge >= 0.3 is 8.25 Å². The van der Waals surface area contributed by atoms with Crippen molar-refractivity contribution in [2.24, 2.45) is 0 Å². The molecule has 258 valence electrons. The topological polar surface area (TPSA) is 54.0 Å². The standard InChI is InChI=1S/C47H36O5P/c1-45(2)49-43-44(50-45)47(41-26-12-20-33-16-6-9-23-38(33)41,42-27-13-21-34-17-7-10-24-39(34)42)52-53(48)51-46(43,36-29-28-31-14-3-4-18-35(31)30-36)40-25-11-19-32-15-5-8-22-37(32)40/h3-30,43-44H,1-2H3/q+1/t43-,44-,46?/m1/s1. The van der Waals surface area contributed by atoms with Crippen molar-refractivity contribution in [1.82, 2.24) is 0 Å². The van der Waals surface area contributed by atoms with Gasteiger partial charge in [0, 0.05) is 21.3 Å². The van der Waals surface area contributed by atoms with Gasteiger partial charge in [0.05, 0.1) is 0 Å². The van der Waals surface area contributed by atoms with Crippen LogP contribution in [0.15, 0.2) is 170 Å². The highest BCUT2D eigenvalue weighted by molar-refractivity contribution is 7.33. The van der Waals surface area contributed by atoms with Gasteiger partial charge in [-0.25, -0.2) is 0 Å². The highest BCUT2D eigenvalue weighted by atomic mass is 31.1. The fourth-order valence-electron chi connectivity index (χ4n) is 8.91. The van der Waals surface area contributed by atoms with Gasteiger partial charge in [-0.15, -0.1) is 0 Å². The Bertz CT molecular complexity index is 2640. The smallest absolute Gasteiger partial charge is 0.340 e. The Morgan fingerprint density at radius 2 is 0.830 bits per heavy atom. The molecular weight excluding hydrogens is 675 g/mol. The third-order valence-corrected chi connectivity index (χ3v) is 12.0. The molecule has 0 spiro atoms. The summed E-state index contributed by atoms with van der Waals surface area (Å²) in [5.41, 5.74) is 0.345. The maximum absolute atomic E-state index is 15.3. The molecule has 0 amide bonds. The van der Waals surface area contributed by atoms with Gasteiger partial charge in [0.1, 0.15) is 12.2 Å². The van der Waals surface area contributed by atoms with Gasteiger partial charge in [-0.1, -0.05) is 173 Å². The summed E-state index contributed by atoms with van der Waals surface area (Å²) < 4.78 is 44.1. The molecule has 2 fully saturated rings. The Balaban J connectivity index is 1.36. The van der Waals surface area contributed by atoms with Crippen molar-refractivity contribution in [2.75, 3.05) is 0 Å². The molecule has 2 saturated heterocycles. The van der Waals surface area contributed by atoms with Crippen LogP contribution in [-0.2, 0) is 34.3 Å². The van der Waals surface area contributed by atoms with Crippen LogP contribution in [0.25, 0.3) is 43.1 Å². The molecule has 0 N–H and O–H groups in total. The third kappa shape index (κ3) is 4.93. The first kappa shape index (κ1) is 32.4. The van der Waals surface area contributed by atoms with Crippen molar-refractivity contribution in [2.45, 2.75) is 43.0 Å². The zero-order valence-electron chi connectivity index (χ0n) is 29.3. The number of fused-ring (bicyclic) bond motifs is 5. The summed E-state index contributed by atoms with van der Waals surface area (Å²) in [7, 11) is -2.86. The van der Waals surface area contributed by atoms with E-state index in [1.165, 1.54) is 0 Å². The van der Waals surface area contributed by atoms with Gasteiger partial charge in [0.15, 0.2) is 5.79 Å². The first-order valence-corrected chi connectivity index (χ1v) is 19.1. The fourth-order valence-corrected chi connectivity index (χ4v) is 10.0. The minimum absolute atomic E-state index is 0.794. The summed E-state index contributed by atoms with van der Waals surface area (Å²) in [5, 5.41) is 8.07. The largest absolute Gasteiger partial charge is 0.700 e. The summed E-state index contributed by atoms with van der Waals surface area (Å²) in [6.45, 7) is 3.87. The van der Waals surface area contributed by atoms with Crippen LogP contribution < -0.4 is 0 Å². The highest BCUT2D eigenvalue weighted by Gasteiger charge is 2.72. The predicted molar refractivity (Wildman–Crippen MR) is 211 cm³/mol. The average Bonchev–Trinajstić information content (AvgIpc) is 3.49. The zero-order valence-corrected chi connectivity index (χ0v) is 30.2. The lowest BCUT2D eigenvalue weighted by atomic mass is 9.70. The van der Waals surface area contributed by atoms with Crippen LogP contribution in [0.4, 0.5) is 0 Å². The van der Waals surface area contributed by atoms with E-state index < -0.39 is 37.5 Å². The normalized spacial score (nSPS) is 22.9.